The first-order valence-corrected chi connectivity index (χ1v) is 12.2. The van der Waals surface area contributed by atoms with Crippen LogP contribution >= 0.6 is 0 Å². The van der Waals surface area contributed by atoms with Gasteiger partial charge in [-0.05, 0) is 53.4 Å². The van der Waals surface area contributed by atoms with Crippen LogP contribution in [0.1, 0.15) is 29.1 Å². The fraction of sp³-hybridized carbons (Fsp3) is 0.200. The van der Waals surface area contributed by atoms with E-state index in [0.29, 0.717) is 11.6 Å². The number of rotatable bonds is 1. The SMILES string of the molecule is Cc1ncc[n-]1.Cc1ncc[n-]1.Cc1ncc[nH]1.Cc1nccn1C(=O)O.Cc1nccn1C(=O)O.O.O=C([O-])[O-].O=C([O-])[O-].O=[C-]OO.[Co+2].[Co].[Co].[Co]. The molecule has 0 aliphatic carbocycles. The van der Waals surface area contributed by atoms with E-state index in [1.54, 1.807) is 51.0 Å². The van der Waals surface area contributed by atoms with Crippen molar-refractivity contribution in [3.63, 3.8) is 0 Å². The molecule has 0 amide bonds. The maximum Gasteiger partial charge on any atom is 2.00 e. The number of nitrogens with zero attached hydrogens (tertiary/aromatic N) is 9. The van der Waals surface area contributed by atoms with E-state index < -0.39 is 24.5 Å². The van der Waals surface area contributed by atoms with Gasteiger partial charge in [0.25, 0.3) is 0 Å². The van der Waals surface area contributed by atoms with Crippen molar-refractivity contribution in [3.05, 3.63) is 91.1 Å². The van der Waals surface area contributed by atoms with Crippen LogP contribution in [0.2, 0.25) is 0 Å². The molecule has 0 unspecified atom stereocenters. The van der Waals surface area contributed by atoms with E-state index in [1.807, 2.05) is 20.8 Å². The Bertz CT molecular complexity index is 1390. The Balaban J connectivity index is -0.0000000732. The number of carboxylic acid groups (broad SMARTS) is 6. The maximum absolute atomic E-state index is 10.2. The van der Waals surface area contributed by atoms with Crippen molar-refractivity contribution in [2.24, 2.45) is 0 Å². The molecule has 5 heterocycles. The molecule has 28 heteroatoms. The summed E-state index contributed by atoms with van der Waals surface area (Å²) in [6, 6.07) is 0. The fourth-order valence-electron chi connectivity index (χ4n) is 2.14. The Morgan fingerprint density at radius 3 is 1.09 bits per heavy atom. The summed E-state index contributed by atoms with van der Waals surface area (Å²) in [4.78, 5) is 77.8. The zero-order chi connectivity index (χ0) is 37.5. The van der Waals surface area contributed by atoms with Crippen LogP contribution in [0.5, 0.6) is 0 Å². The third kappa shape index (κ3) is 46.9. The second-order valence-corrected chi connectivity index (χ2v) is 7.31. The van der Waals surface area contributed by atoms with E-state index >= 15 is 0 Å². The number of nitrogens with one attached hydrogen (secondary N) is 1. The van der Waals surface area contributed by atoms with Gasteiger partial charge in [0, 0.05) is 87.5 Å². The number of imidazole rings is 5. The van der Waals surface area contributed by atoms with Crippen LogP contribution in [0.25, 0.3) is 0 Å². The molecule has 0 aliphatic rings. The van der Waals surface area contributed by atoms with Crippen molar-refractivity contribution in [1.82, 2.24) is 49.0 Å². The van der Waals surface area contributed by atoms with Crippen LogP contribution in [0.15, 0.2) is 62.0 Å². The first-order chi connectivity index (χ1) is 22.5. The van der Waals surface area contributed by atoms with Crippen LogP contribution in [0.4, 0.5) is 19.2 Å². The van der Waals surface area contributed by atoms with Crippen molar-refractivity contribution in [3.8, 4) is 0 Å². The number of aromatic amines is 1. The van der Waals surface area contributed by atoms with Crippen molar-refractivity contribution < 1.29 is 137 Å². The number of carbonyl (C=O) groups is 4. The summed E-state index contributed by atoms with van der Waals surface area (Å²) in [5.74, 6) is 3.63. The Hall–Kier alpha value is -5.05. The van der Waals surface area contributed by atoms with Gasteiger partial charge in [-0.25, -0.2) is 38.9 Å². The van der Waals surface area contributed by atoms with Gasteiger partial charge in [0.15, 0.2) is 0 Å². The average molecular weight is 931 g/mol. The Labute approximate surface area is 341 Å². The molecule has 6 N–H and O–H groups in total. The van der Waals surface area contributed by atoms with Crippen molar-refractivity contribution in [2.45, 2.75) is 34.6 Å². The van der Waals surface area contributed by atoms with E-state index in [0.717, 1.165) is 33.1 Å². The number of hydrogen-bond donors (Lipinski definition) is 4. The molecular weight excluding hydrogens is 900 g/mol. The van der Waals surface area contributed by atoms with Crippen molar-refractivity contribution in [2.75, 3.05) is 0 Å². The van der Waals surface area contributed by atoms with Gasteiger partial charge in [-0.15, -0.1) is 0 Å². The van der Waals surface area contributed by atoms with E-state index in [9.17, 15) is 9.59 Å². The molecule has 24 nitrogen and oxygen atoms in total. The number of aromatic nitrogens is 10. The first-order valence-electron chi connectivity index (χ1n) is 12.2. The topological polar surface area (TPSA) is 397 Å². The molecule has 5 aromatic rings. The molecule has 0 atom stereocenters. The zero-order valence-corrected chi connectivity index (χ0v) is 31.7. The molecule has 5 rings (SSSR count). The van der Waals surface area contributed by atoms with E-state index in [2.05, 4.69) is 44.8 Å². The molecular formula is C25H31Co4N10O14-5. The maximum atomic E-state index is 10.2. The van der Waals surface area contributed by atoms with E-state index in [-0.39, 0.29) is 72.6 Å². The average Bonchev–Trinajstić information content (AvgIpc) is 3.83. The summed E-state index contributed by atoms with van der Waals surface area (Å²) in [5, 5.41) is 57.0. The molecule has 0 spiro atoms. The van der Waals surface area contributed by atoms with Crippen molar-refractivity contribution >= 4 is 31.0 Å². The van der Waals surface area contributed by atoms with Crippen LogP contribution < -0.4 is 30.4 Å². The molecule has 0 aliphatic heterocycles. The van der Waals surface area contributed by atoms with Crippen molar-refractivity contribution in [1.29, 1.82) is 0 Å². The van der Waals surface area contributed by atoms with Gasteiger partial charge in [-0.1, -0.05) is 36.4 Å². The third-order valence-corrected chi connectivity index (χ3v) is 3.91. The molecule has 0 bridgehead atoms. The molecule has 0 saturated heterocycles. The molecule has 0 saturated carbocycles. The minimum atomic E-state index is -2.33. The minimum Gasteiger partial charge on any atom is -0.652 e. The Morgan fingerprint density at radius 1 is 0.698 bits per heavy atom. The van der Waals surface area contributed by atoms with Gasteiger partial charge in [0.05, 0.1) is 0 Å². The second-order valence-electron chi connectivity index (χ2n) is 7.31. The molecule has 53 heavy (non-hydrogen) atoms. The molecule has 0 fully saturated rings. The molecule has 0 aromatic carbocycles. The predicted molar refractivity (Wildman–Crippen MR) is 152 cm³/mol. The van der Waals surface area contributed by atoms with E-state index in [4.69, 9.17) is 50.3 Å². The van der Waals surface area contributed by atoms with Crippen LogP contribution in [-0.4, -0.2) is 91.0 Å². The van der Waals surface area contributed by atoms with Gasteiger partial charge in [-0.2, -0.15) is 0 Å². The number of aryl methyl sites for hydroxylation is 5. The summed E-state index contributed by atoms with van der Waals surface area (Å²) in [6.45, 7) is 9.64. The largest absolute Gasteiger partial charge is 2.00 e. The summed E-state index contributed by atoms with van der Waals surface area (Å²) in [7, 11) is 0. The predicted octanol–water partition coefficient (Wildman–Crippen LogP) is -3.34. The fourth-order valence-corrected chi connectivity index (χ4v) is 2.14. The van der Waals surface area contributed by atoms with E-state index in [1.165, 1.54) is 24.8 Å². The second kappa shape index (κ2) is 43.1. The minimum absolute atomic E-state index is 0. The van der Waals surface area contributed by atoms with Gasteiger partial charge in [-0.3, -0.25) is 0 Å². The summed E-state index contributed by atoms with van der Waals surface area (Å²) < 4.78 is 2.11. The monoisotopic (exact) mass is 931 g/mol. The smallest absolute Gasteiger partial charge is 0.652 e. The number of carbonyl (C=O) groups excluding carboxylic acids is 3. The van der Waals surface area contributed by atoms with Crippen LogP contribution in [0.3, 0.4) is 0 Å². The van der Waals surface area contributed by atoms with Crippen LogP contribution in [-0.2, 0) is 76.8 Å². The summed E-state index contributed by atoms with van der Waals surface area (Å²) >= 11 is 0. The molecule has 5 aromatic heterocycles. The quantitative estimate of drug-likeness (QED) is 0.0725. The third-order valence-electron chi connectivity index (χ3n) is 3.91. The van der Waals surface area contributed by atoms with Gasteiger partial charge >= 0.3 is 29.0 Å². The normalized spacial score (nSPS) is 7.51. The number of hydrogen-bond acceptors (Lipinski definition) is 16. The van der Waals surface area contributed by atoms with Crippen LogP contribution in [0, 0.1) is 34.6 Å². The van der Waals surface area contributed by atoms with Gasteiger partial charge in [0.2, 0.25) is 0 Å². The Morgan fingerprint density at radius 2 is 1.02 bits per heavy atom. The first kappa shape index (κ1) is 66.2. The standard InChI is InChI=1S/2C5H6N2O2.C4H6N2.2C4H5N2.CHO3.2CH2O3.4Co.H2O/c2*1-4-6-2-3-7(4)5(8)9;3*1-4-5-2-3-6-4;2-1-4-3;2*2-1(3)4;;;;;/h2*2-3H,1H3,(H,8,9);2-3H,1H3,(H,5,6);2*2-3H,1H3;3H;2*(H2,2,3,4);;;;;1H2/q;;;3*-1;;;;;;+2;/p-4. The molecule has 4 radical (unpaired) electrons. The zero-order valence-electron chi connectivity index (χ0n) is 27.6. The summed E-state index contributed by atoms with van der Waals surface area (Å²) in [6.07, 6.45) is 9.28. The van der Waals surface area contributed by atoms with Gasteiger partial charge in [0.1, 0.15) is 17.5 Å². The number of H-pyrrole nitrogens is 1. The molecule has 306 valence electrons. The Kier molecular flexibility index (Phi) is 53.9. The van der Waals surface area contributed by atoms with Gasteiger partial charge < -0.3 is 80.3 Å². The summed E-state index contributed by atoms with van der Waals surface area (Å²) in [5.41, 5.74) is 0.